The Morgan fingerprint density at radius 3 is 2.44 bits per heavy atom. The molecule has 0 unspecified atom stereocenters. The van der Waals surface area contributed by atoms with Crippen LogP contribution in [-0.2, 0) is 0 Å². The van der Waals surface area contributed by atoms with Gasteiger partial charge in [0.25, 0.3) is 0 Å². The molecule has 0 aromatic heterocycles. The Kier molecular flexibility index (Phi) is 5.11. The van der Waals surface area contributed by atoms with Gasteiger partial charge in [-0.05, 0) is 50.6 Å². The van der Waals surface area contributed by atoms with E-state index in [-0.39, 0.29) is 0 Å². The van der Waals surface area contributed by atoms with Crippen LogP contribution in [0.5, 0.6) is 0 Å². The summed E-state index contributed by atoms with van der Waals surface area (Å²) in [7, 11) is 0. The van der Waals surface area contributed by atoms with Crippen LogP contribution in [0.3, 0.4) is 0 Å². The quantitative estimate of drug-likeness (QED) is 0.777. The summed E-state index contributed by atoms with van der Waals surface area (Å²) in [5, 5.41) is 8.99. The summed E-state index contributed by atoms with van der Waals surface area (Å²) < 4.78 is 0. The average molecular weight is 225 g/mol. The van der Waals surface area contributed by atoms with Gasteiger partial charge in [0, 0.05) is 13.2 Å². The van der Waals surface area contributed by atoms with Crippen molar-refractivity contribution in [2.45, 2.75) is 51.4 Å². The molecule has 1 saturated heterocycles. The zero-order chi connectivity index (χ0) is 11.2. The molecule has 0 bridgehead atoms. The second kappa shape index (κ2) is 6.61. The van der Waals surface area contributed by atoms with E-state index in [9.17, 15) is 0 Å². The summed E-state index contributed by atoms with van der Waals surface area (Å²) in [5.41, 5.74) is 0. The number of aliphatic hydroxyl groups is 1. The molecule has 2 fully saturated rings. The van der Waals surface area contributed by atoms with Crippen LogP contribution in [0.4, 0.5) is 0 Å². The second-order valence-corrected chi connectivity index (χ2v) is 5.76. The van der Waals surface area contributed by atoms with E-state index in [1.807, 2.05) is 0 Å². The lowest BCUT2D eigenvalue weighted by Crippen LogP contribution is -2.36. The van der Waals surface area contributed by atoms with E-state index in [4.69, 9.17) is 5.11 Å². The van der Waals surface area contributed by atoms with Gasteiger partial charge in [0.1, 0.15) is 0 Å². The van der Waals surface area contributed by atoms with Crippen molar-refractivity contribution in [3.63, 3.8) is 0 Å². The SMILES string of the molecule is OCC[C@H]1CCCN(CCC2CCCC2)C1. The predicted octanol–water partition coefficient (Wildman–Crippen LogP) is 2.66. The lowest BCUT2D eigenvalue weighted by atomic mass is 9.94. The fraction of sp³-hybridized carbons (Fsp3) is 1.00. The molecule has 1 saturated carbocycles. The molecule has 0 spiro atoms. The molecule has 0 radical (unpaired) electrons. The number of nitrogens with zero attached hydrogens (tertiary/aromatic N) is 1. The number of hydrogen-bond acceptors (Lipinski definition) is 2. The van der Waals surface area contributed by atoms with Crippen molar-refractivity contribution in [3.05, 3.63) is 0 Å². The fourth-order valence-electron chi connectivity index (χ4n) is 3.44. The summed E-state index contributed by atoms with van der Waals surface area (Å²) in [4.78, 5) is 2.64. The standard InChI is InChI=1S/C14H27NO/c16-11-8-14-6-3-9-15(12-14)10-7-13-4-1-2-5-13/h13-14,16H,1-12H2/t14-/m1/s1. The van der Waals surface area contributed by atoms with Gasteiger partial charge in [-0.1, -0.05) is 25.7 Å². The molecule has 1 aliphatic carbocycles. The average Bonchev–Trinajstić information content (AvgIpc) is 2.80. The minimum Gasteiger partial charge on any atom is -0.396 e. The molecule has 0 amide bonds. The van der Waals surface area contributed by atoms with Gasteiger partial charge in [0.15, 0.2) is 0 Å². The highest BCUT2D eigenvalue weighted by Crippen LogP contribution is 2.28. The van der Waals surface area contributed by atoms with Gasteiger partial charge in [-0.2, -0.15) is 0 Å². The van der Waals surface area contributed by atoms with Crippen molar-refractivity contribution >= 4 is 0 Å². The fourth-order valence-corrected chi connectivity index (χ4v) is 3.44. The Balaban J connectivity index is 1.64. The van der Waals surface area contributed by atoms with E-state index in [1.54, 1.807) is 0 Å². The molecule has 2 nitrogen and oxygen atoms in total. The first-order valence-electron chi connectivity index (χ1n) is 7.21. The zero-order valence-electron chi connectivity index (χ0n) is 10.5. The van der Waals surface area contributed by atoms with Crippen LogP contribution in [0.15, 0.2) is 0 Å². The highest BCUT2D eigenvalue weighted by molar-refractivity contribution is 4.75. The van der Waals surface area contributed by atoms with Crippen molar-refractivity contribution < 1.29 is 5.11 Å². The van der Waals surface area contributed by atoms with Crippen LogP contribution in [0, 0.1) is 11.8 Å². The van der Waals surface area contributed by atoms with Crippen molar-refractivity contribution in [1.29, 1.82) is 0 Å². The maximum Gasteiger partial charge on any atom is 0.0434 e. The number of aliphatic hydroxyl groups excluding tert-OH is 1. The highest BCUT2D eigenvalue weighted by atomic mass is 16.3. The molecule has 0 aromatic carbocycles. The number of rotatable bonds is 5. The van der Waals surface area contributed by atoms with Gasteiger partial charge in [-0.25, -0.2) is 0 Å². The van der Waals surface area contributed by atoms with Gasteiger partial charge in [0.05, 0.1) is 0 Å². The molecule has 0 aromatic rings. The molecular formula is C14H27NO. The largest absolute Gasteiger partial charge is 0.396 e. The number of piperidine rings is 1. The van der Waals surface area contributed by atoms with Crippen LogP contribution < -0.4 is 0 Å². The zero-order valence-corrected chi connectivity index (χ0v) is 10.5. The Hall–Kier alpha value is -0.0800. The van der Waals surface area contributed by atoms with E-state index >= 15 is 0 Å². The van der Waals surface area contributed by atoms with Crippen LogP contribution in [0.2, 0.25) is 0 Å². The van der Waals surface area contributed by atoms with E-state index in [2.05, 4.69) is 4.90 Å². The predicted molar refractivity (Wildman–Crippen MR) is 67.4 cm³/mol. The minimum absolute atomic E-state index is 0.376. The van der Waals surface area contributed by atoms with Crippen LogP contribution in [0.25, 0.3) is 0 Å². The Morgan fingerprint density at radius 1 is 0.938 bits per heavy atom. The van der Waals surface area contributed by atoms with Crippen molar-refractivity contribution in [2.75, 3.05) is 26.2 Å². The Labute approximate surface area is 100 Å². The van der Waals surface area contributed by atoms with Crippen molar-refractivity contribution in [1.82, 2.24) is 4.90 Å². The van der Waals surface area contributed by atoms with Gasteiger partial charge < -0.3 is 10.0 Å². The van der Waals surface area contributed by atoms with Crippen LogP contribution in [0.1, 0.15) is 51.4 Å². The first-order valence-corrected chi connectivity index (χ1v) is 7.21. The third kappa shape index (κ3) is 3.74. The van der Waals surface area contributed by atoms with Gasteiger partial charge in [0.2, 0.25) is 0 Å². The molecular weight excluding hydrogens is 198 g/mol. The smallest absolute Gasteiger partial charge is 0.0434 e. The second-order valence-electron chi connectivity index (χ2n) is 5.76. The van der Waals surface area contributed by atoms with E-state index in [1.165, 1.54) is 64.6 Å². The number of hydrogen-bond donors (Lipinski definition) is 1. The third-order valence-electron chi connectivity index (χ3n) is 4.47. The maximum absolute atomic E-state index is 8.99. The Morgan fingerprint density at radius 2 is 1.69 bits per heavy atom. The molecule has 2 heteroatoms. The molecule has 2 rings (SSSR count). The summed E-state index contributed by atoms with van der Waals surface area (Å²) in [5.74, 6) is 1.79. The summed E-state index contributed by atoms with van der Waals surface area (Å²) in [6, 6.07) is 0. The molecule has 16 heavy (non-hydrogen) atoms. The van der Waals surface area contributed by atoms with Crippen molar-refractivity contribution in [3.8, 4) is 0 Å². The minimum atomic E-state index is 0.376. The Bertz CT molecular complexity index is 187. The monoisotopic (exact) mass is 225 g/mol. The molecule has 1 heterocycles. The summed E-state index contributed by atoms with van der Waals surface area (Å²) in [6.45, 7) is 4.23. The molecule has 2 aliphatic rings. The normalized spacial score (nSPS) is 28.7. The van der Waals surface area contributed by atoms with Gasteiger partial charge in [-0.3, -0.25) is 0 Å². The molecule has 1 atom stereocenters. The first kappa shape index (κ1) is 12.4. The van der Waals surface area contributed by atoms with E-state index in [0.717, 1.165) is 18.3 Å². The lowest BCUT2D eigenvalue weighted by molar-refractivity contribution is 0.141. The van der Waals surface area contributed by atoms with Gasteiger partial charge in [-0.15, -0.1) is 0 Å². The van der Waals surface area contributed by atoms with Crippen LogP contribution >= 0.6 is 0 Å². The number of likely N-dealkylation sites (tertiary alicyclic amines) is 1. The molecule has 94 valence electrons. The molecule has 1 N–H and O–H groups in total. The molecule has 1 aliphatic heterocycles. The lowest BCUT2D eigenvalue weighted by Gasteiger charge is -2.33. The third-order valence-corrected chi connectivity index (χ3v) is 4.47. The highest BCUT2D eigenvalue weighted by Gasteiger charge is 2.21. The maximum atomic E-state index is 8.99. The van der Waals surface area contributed by atoms with E-state index in [0.29, 0.717) is 6.61 Å². The van der Waals surface area contributed by atoms with Crippen LogP contribution in [-0.4, -0.2) is 36.2 Å². The van der Waals surface area contributed by atoms with E-state index < -0.39 is 0 Å². The van der Waals surface area contributed by atoms with Crippen molar-refractivity contribution in [2.24, 2.45) is 11.8 Å². The summed E-state index contributed by atoms with van der Waals surface area (Å²) in [6.07, 6.45) is 11.0. The first-order chi connectivity index (χ1) is 7.88. The topological polar surface area (TPSA) is 23.5 Å². The van der Waals surface area contributed by atoms with Gasteiger partial charge >= 0.3 is 0 Å². The summed E-state index contributed by atoms with van der Waals surface area (Å²) >= 11 is 0.